The molecule has 1 saturated heterocycles. The van der Waals surface area contributed by atoms with Gasteiger partial charge in [0.05, 0.1) is 6.54 Å². The third kappa shape index (κ3) is 4.90. The number of fused-ring (bicyclic) bond motifs is 3. The van der Waals surface area contributed by atoms with E-state index in [0.29, 0.717) is 13.0 Å². The van der Waals surface area contributed by atoms with E-state index < -0.39 is 30.6 Å². The van der Waals surface area contributed by atoms with Gasteiger partial charge in [0.25, 0.3) is 5.91 Å². The van der Waals surface area contributed by atoms with Crippen LogP contribution in [0.25, 0.3) is 11.1 Å². The van der Waals surface area contributed by atoms with Crippen LogP contribution < -0.4 is 5.32 Å². The van der Waals surface area contributed by atoms with Crippen LogP contribution in [-0.4, -0.2) is 66.9 Å². The van der Waals surface area contributed by atoms with Crippen molar-refractivity contribution in [2.75, 3.05) is 32.8 Å². The monoisotopic (exact) mass is 462 g/mol. The van der Waals surface area contributed by atoms with Gasteiger partial charge < -0.3 is 24.8 Å². The lowest BCUT2D eigenvalue weighted by Crippen LogP contribution is -2.46. The summed E-state index contributed by atoms with van der Waals surface area (Å²) in [6, 6.07) is 16.2. The molecule has 1 heterocycles. The Balaban J connectivity index is 1.33. The fourth-order valence-electron chi connectivity index (χ4n) is 4.64. The lowest BCUT2D eigenvalue weighted by atomic mass is 9.98. The van der Waals surface area contributed by atoms with Gasteiger partial charge in [0.2, 0.25) is 0 Å². The Morgan fingerprint density at radius 2 is 1.76 bits per heavy atom. The highest BCUT2D eigenvalue weighted by Gasteiger charge is 2.37. The third-order valence-electron chi connectivity index (χ3n) is 6.23. The van der Waals surface area contributed by atoms with Crippen LogP contribution in [0.2, 0.25) is 0 Å². The molecule has 8 nitrogen and oxygen atoms in total. The first-order valence-corrected chi connectivity index (χ1v) is 11.1. The molecule has 8 heteroatoms. The summed E-state index contributed by atoms with van der Waals surface area (Å²) in [5, 5.41) is 11.8. The van der Waals surface area contributed by atoms with E-state index in [-0.39, 0.29) is 31.5 Å². The van der Waals surface area contributed by atoms with Gasteiger partial charge in [-0.2, -0.15) is 0 Å². The first-order valence-electron chi connectivity index (χ1n) is 11.1. The molecule has 0 aromatic heterocycles. The summed E-state index contributed by atoms with van der Waals surface area (Å²) in [5.41, 5.74) is 4.54. The second kappa shape index (κ2) is 10.4. The van der Waals surface area contributed by atoms with Gasteiger partial charge in [0.15, 0.2) is 0 Å². The lowest BCUT2D eigenvalue weighted by molar-refractivity contribution is -0.149. The van der Waals surface area contributed by atoms with E-state index in [2.05, 4.69) is 23.4 Å². The van der Waals surface area contributed by atoms with Gasteiger partial charge >= 0.3 is 12.1 Å². The lowest BCUT2D eigenvalue weighted by Gasteiger charge is -2.25. The van der Waals surface area contributed by atoms with E-state index in [4.69, 9.17) is 21.0 Å². The number of carbonyl (C=O) groups is 3. The smallest absolute Gasteiger partial charge is 0.407 e. The molecule has 2 amide bonds. The van der Waals surface area contributed by atoms with Crippen molar-refractivity contribution in [1.82, 2.24) is 10.2 Å². The molecule has 1 fully saturated rings. The van der Waals surface area contributed by atoms with Crippen LogP contribution in [0.1, 0.15) is 23.5 Å². The third-order valence-corrected chi connectivity index (χ3v) is 6.23. The molecule has 4 rings (SSSR count). The average molecular weight is 463 g/mol. The van der Waals surface area contributed by atoms with Crippen molar-refractivity contribution >= 4 is 18.0 Å². The summed E-state index contributed by atoms with van der Waals surface area (Å²) < 4.78 is 11.1. The van der Waals surface area contributed by atoms with Crippen LogP contribution in [0, 0.1) is 18.3 Å². The summed E-state index contributed by atoms with van der Waals surface area (Å²) in [4.78, 5) is 37.3. The van der Waals surface area contributed by atoms with E-state index >= 15 is 0 Å². The summed E-state index contributed by atoms with van der Waals surface area (Å²) in [6.45, 7) is 0.0688. The maximum atomic E-state index is 12.8. The average Bonchev–Trinajstić information content (AvgIpc) is 3.43. The Labute approximate surface area is 197 Å². The second-order valence-electron chi connectivity index (χ2n) is 8.34. The van der Waals surface area contributed by atoms with Gasteiger partial charge in [-0.25, -0.2) is 4.79 Å². The first-order chi connectivity index (χ1) is 16.5. The van der Waals surface area contributed by atoms with Crippen molar-refractivity contribution in [3.05, 3.63) is 59.7 Å². The van der Waals surface area contributed by atoms with E-state index in [1.807, 2.05) is 36.4 Å². The highest BCUT2D eigenvalue weighted by atomic mass is 16.5. The predicted octanol–water partition coefficient (Wildman–Crippen LogP) is 2.48. The minimum Gasteiger partial charge on any atom is -0.480 e. The van der Waals surface area contributed by atoms with Crippen LogP contribution in [0.4, 0.5) is 4.79 Å². The Hall–Kier alpha value is -3.83. The van der Waals surface area contributed by atoms with E-state index in [1.165, 1.54) is 0 Å². The Morgan fingerprint density at radius 1 is 1.12 bits per heavy atom. The number of carboxylic acid groups (broad SMARTS) is 1. The summed E-state index contributed by atoms with van der Waals surface area (Å²) >= 11 is 0. The Bertz CT molecular complexity index is 1080. The van der Waals surface area contributed by atoms with Gasteiger partial charge in [0.1, 0.15) is 19.3 Å². The van der Waals surface area contributed by atoms with Gasteiger partial charge in [-0.1, -0.05) is 54.5 Å². The second-order valence-corrected chi connectivity index (χ2v) is 8.34. The van der Waals surface area contributed by atoms with Crippen molar-refractivity contribution in [3.63, 3.8) is 0 Å². The number of nitrogens with zero attached hydrogens (tertiary/aromatic N) is 1. The number of nitrogens with one attached hydrogen (secondary N) is 1. The number of rotatable bonds is 8. The van der Waals surface area contributed by atoms with Crippen molar-refractivity contribution < 1.29 is 29.0 Å². The Kier molecular flexibility index (Phi) is 7.14. The number of benzene rings is 2. The molecule has 176 valence electrons. The number of hydrogen-bond donors (Lipinski definition) is 2. The summed E-state index contributed by atoms with van der Waals surface area (Å²) in [7, 11) is 0. The summed E-state index contributed by atoms with van der Waals surface area (Å²) in [6.07, 6.45) is 4.38. The molecule has 2 aromatic rings. The fraction of sp³-hybridized carbons (Fsp3) is 0.346. The molecule has 1 aliphatic heterocycles. The van der Waals surface area contributed by atoms with Crippen molar-refractivity contribution in [3.8, 4) is 23.5 Å². The first kappa shape index (κ1) is 23.3. The number of ether oxygens (including phenoxy) is 2. The number of aliphatic carboxylic acids is 1. The van der Waals surface area contributed by atoms with Crippen molar-refractivity contribution in [2.24, 2.45) is 5.92 Å². The zero-order chi connectivity index (χ0) is 24.1. The van der Waals surface area contributed by atoms with Crippen LogP contribution in [0.5, 0.6) is 0 Å². The van der Waals surface area contributed by atoms with Crippen molar-refractivity contribution in [1.29, 1.82) is 0 Å². The van der Waals surface area contributed by atoms with Gasteiger partial charge in [-0.15, -0.1) is 6.42 Å². The minimum absolute atomic E-state index is 0.0457. The van der Waals surface area contributed by atoms with Crippen LogP contribution in [0.3, 0.4) is 0 Å². The van der Waals surface area contributed by atoms with Gasteiger partial charge in [0, 0.05) is 25.0 Å². The Morgan fingerprint density at radius 3 is 2.38 bits per heavy atom. The highest BCUT2D eigenvalue weighted by Crippen LogP contribution is 2.44. The van der Waals surface area contributed by atoms with Gasteiger partial charge in [-0.05, 0) is 28.7 Å². The minimum atomic E-state index is -1.16. The number of hydrogen-bond acceptors (Lipinski definition) is 5. The quantitative estimate of drug-likeness (QED) is 0.584. The molecule has 2 N–H and O–H groups in total. The largest absolute Gasteiger partial charge is 0.480 e. The standard InChI is InChI=1S/C26H26N2O6/c1-2-12-28(15-23(29)30)25(31)24-17(11-13-33-24)14-27-26(32)34-16-22-20-9-5-3-7-18(20)19-8-4-6-10-21(19)22/h1,3-10,17,22,24H,11-16H2,(H,27,32)(H,29,30)/t17-,24-/m1/s1. The summed E-state index contributed by atoms with van der Waals surface area (Å²) in [5.74, 6) is 0.301. The molecule has 0 spiro atoms. The molecule has 0 bridgehead atoms. The molecule has 2 atom stereocenters. The van der Waals surface area contributed by atoms with E-state index in [1.54, 1.807) is 0 Å². The molecule has 2 aromatic carbocycles. The highest BCUT2D eigenvalue weighted by molar-refractivity contribution is 5.85. The zero-order valence-electron chi connectivity index (χ0n) is 18.6. The zero-order valence-corrected chi connectivity index (χ0v) is 18.6. The topological polar surface area (TPSA) is 105 Å². The molecular weight excluding hydrogens is 436 g/mol. The van der Waals surface area contributed by atoms with Gasteiger partial charge in [-0.3, -0.25) is 9.59 Å². The van der Waals surface area contributed by atoms with E-state index in [9.17, 15) is 14.4 Å². The van der Waals surface area contributed by atoms with Crippen LogP contribution in [0.15, 0.2) is 48.5 Å². The number of terminal acetylenes is 1. The van der Waals surface area contributed by atoms with Crippen molar-refractivity contribution in [2.45, 2.75) is 18.4 Å². The number of carbonyl (C=O) groups excluding carboxylic acids is 2. The predicted molar refractivity (Wildman–Crippen MR) is 124 cm³/mol. The fourth-order valence-corrected chi connectivity index (χ4v) is 4.64. The molecule has 1 aliphatic carbocycles. The SMILES string of the molecule is C#CCN(CC(=O)O)C(=O)[C@@H]1OCC[C@@H]1CNC(=O)OCC1c2ccccc2-c2ccccc21. The molecule has 0 unspecified atom stereocenters. The maximum Gasteiger partial charge on any atom is 0.407 e. The molecule has 2 aliphatic rings. The number of amides is 2. The molecule has 34 heavy (non-hydrogen) atoms. The normalized spacial score (nSPS) is 18.4. The number of carboxylic acids is 1. The van der Waals surface area contributed by atoms with Crippen LogP contribution in [-0.2, 0) is 19.1 Å². The molecule has 0 saturated carbocycles. The molecular formula is C26H26N2O6. The van der Waals surface area contributed by atoms with E-state index in [0.717, 1.165) is 27.2 Å². The maximum absolute atomic E-state index is 12.8. The van der Waals surface area contributed by atoms with Crippen LogP contribution >= 0.6 is 0 Å². The molecule has 0 radical (unpaired) electrons. The number of alkyl carbamates (subject to hydrolysis) is 1.